The van der Waals surface area contributed by atoms with Crippen LogP contribution in [0.2, 0.25) is 10.0 Å². The zero-order valence-electron chi connectivity index (χ0n) is 11.0. The number of amides is 2. The molecule has 0 saturated carbocycles. The Kier molecular flexibility index (Phi) is 5.26. The third-order valence-corrected chi connectivity index (χ3v) is 4.01. The number of carbonyl (C=O) groups is 2. The minimum absolute atomic E-state index is 0.167. The molecule has 0 spiro atoms. The van der Waals surface area contributed by atoms with Gasteiger partial charge >= 0.3 is 0 Å². The summed E-state index contributed by atoms with van der Waals surface area (Å²) in [5.41, 5.74) is 0.462. The molecule has 0 aromatic heterocycles. The van der Waals surface area contributed by atoms with E-state index in [1.54, 1.807) is 17.0 Å². The van der Waals surface area contributed by atoms with Crippen molar-refractivity contribution in [3.05, 3.63) is 33.8 Å². The first kappa shape index (κ1) is 15.1. The van der Waals surface area contributed by atoms with Gasteiger partial charge in [-0.3, -0.25) is 9.59 Å². The predicted molar refractivity (Wildman–Crippen MR) is 79.2 cm³/mol. The molecule has 1 N–H and O–H groups in total. The van der Waals surface area contributed by atoms with Crippen LogP contribution in [-0.2, 0) is 4.79 Å². The van der Waals surface area contributed by atoms with Crippen LogP contribution >= 0.6 is 23.2 Å². The number of carbonyl (C=O) groups excluding carboxylic acids is 2. The second-order valence-electron chi connectivity index (χ2n) is 4.72. The molecular formula is C14H16Cl2N2O2. The van der Waals surface area contributed by atoms with Crippen LogP contribution in [0.1, 0.15) is 29.6 Å². The van der Waals surface area contributed by atoms with E-state index in [9.17, 15) is 9.59 Å². The monoisotopic (exact) mass is 314 g/mol. The van der Waals surface area contributed by atoms with Gasteiger partial charge in [0.2, 0.25) is 5.91 Å². The van der Waals surface area contributed by atoms with Crippen LogP contribution in [0, 0.1) is 0 Å². The fourth-order valence-electron chi connectivity index (χ4n) is 2.14. The fraction of sp³-hybridized carbons (Fsp3) is 0.429. The average Bonchev–Trinajstić information content (AvgIpc) is 2.44. The summed E-state index contributed by atoms with van der Waals surface area (Å²) in [4.78, 5) is 25.3. The van der Waals surface area contributed by atoms with Gasteiger partial charge in [0.05, 0.1) is 10.0 Å². The van der Waals surface area contributed by atoms with Crippen molar-refractivity contribution in [3.8, 4) is 0 Å². The molecule has 1 fully saturated rings. The van der Waals surface area contributed by atoms with Crippen molar-refractivity contribution in [2.75, 3.05) is 19.6 Å². The number of piperidine rings is 1. The Balaban J connectivity index is 1.82. The van der Waals surface area contributed by atoms with Crippen molar-refractivity contribution >= 4 is 35.0 Å². The molecule has 1 heterocycles. The first-order valence-corrected chi connectivity index (χ1v) is 7.34. The second kappa shape index (κ2) is 6.95. The average molecular weight is 315 g/mol. The van der Waals surface area contributed by atoms with E-state index in [4.69, 9.17) is 23.2 Å². The molecule has 0 unspecified atom stereocenters. The maximum Gasteiger partial charge on any atom is 0.251 e. The summed E-state index contributed by atoms with van der Waals surface area (Å²) in [5.74, 6) is -0.0481. The Labute approximate surface area is 128 Å². The first-order valence-electron chi connectivity index (χ1n) is 6.59. The van der Waals surface area contributed by atoms with Crippen molar-refractivity contribution in [1.29, 1.82) is 0 Å². The zero-order valence-corrected chi connectivity index (χ0v) is 12.5. The number of rotatable bonds is 4. The quantitative estimate of drug-likeness (QED) is 0.929. The van der Waals surface area contributed by atoms with Crippen molar-refractivity contribution in [2.45, 2.75) is 19.3 Å². The molecule has 0 radical (unpaired) electrons. The first-order chi connectivity index (χ1) is 9.58. The molecule has 2 amide bonds. The molecule has 6 heteroatoms. The molecule has 0 atom stereocenters. The third kappa shape index (κ3) is 3.87. The normalized spacial score (nSPS) is 15.3. The fourth-order valence-corrected chi connectivity index (χ4v) is 2.44. The molecule has 108 valence electrons. The Hall–Kier alpha value is -1.26. The lowest BCUT2D eigenvalue weighted by Gasteiger charge is -2.26. The van der Waals surface area contributed by atoms with Crippen molar-refractivity contribution in [2.24, 2.45) is 0 Å². The lowest BCUT2D eigenvalue weighted by atomic mass is 10.1. The van der Waals surface area contributed by atoms with Crippen LogP contribution in [-0.4, -0.2) is 36.3 Å². The Bertz CT molecular complexity index is 520. The molecule has 2 rings (SSSR count). The number of likely N-dealkylation sites (tertiary alicyclic amines) is 1. The van der Waals surface area contributed by atoms with Gasteiger partial charge in [0, 0.05) is 31.6 Å². The highest BCUT2D eigenvalue weighted by Crippen LogP contribution is 2.22. The van der Waals surface area contributed by atoms with E-state index >= 15 is 0 Å². The number of benzene rings is 1. The summed E-state index contributed by atoms with van der Waals surface area (Å²) < 4.78 is 0. The van der Waals surface area contributed by atoms with Gasteiger partial charge < -0.3 is 10.2 Å². The minimum atomic E-state index is -0.215. The van der Waals surface area contributed by atoms with Gasteiger partial charge in [-0.25, -0.2) is 0 Å². The van der Waals surface area contributed by atoms with Gasteiger partial charge in [0.15, 0.2) is 0 Å². The minimum Gasteiger partial charge on any atom is -0.350 e. The molecule has 1 aromatic rings. The molecule has 4 nitrogen and oxygen atoms in total. The number of nitrogens with zero attached hydrogens (tertiary/aromatic N) is 1. The summed E-state index contributed by atoms with van der Waals surface area (Å²) in [6.07, 6.45) is 2.61. The maximum atomic E-state index is 11.9. The highest BCUT2D eigenvalue weighted by atomic mass is 35.5. The summed E-state index contributed by atoms with van der Waals surface area (Å²) in [6.45, 7) is 1.76. The van der Waals surface area contributed by atoms with Gasteiger partial charge in [0.1, 0.15) is 0 Å². The van der Waals surface area contributed by atoms with E-state index < -0.39 is 0 Å². The molecule has 1 aromatic carbocycles. The van der Waals surface area contributed by atoms with Crippen LogP contribution < -0.4 is 5.32 Å². The summed E-state index contributed by atoms with van der Waals surface area (Å²) >= 11 is 11.7. The molecule has 0 aliphatic carbocycles. The molecule has 1 saturated heterocycles. The zero-order chi connectivity index (χ0) is 14.5. The van der Waals surface area contributed by atoms with Gasteiger partial charge in [-0.1, -0.05) is 23.2 Å². The lowest BCUT2D eigenvalue weighted by molar-refractivity contribution is -0.133. The van der Waals surface area contributed by atoms with Gasteiger partial charge in [-0.15, -0.1) is 0 Å². The third-order valence-electron chi connectivity index (χ3n) is 3.27. The predicted octanol–water partition coefficient (Wildman–Crippen LogP) is 2.74. The van der Waals surface area contributed by atoms with E-state index in [-0.39, 0.29) is 11.8 Å². The van der Waals surface area contributed by atoms with Gasteiger partial charge in [-0.2, -0.15) is 0 Å². The van der Waals surface area contributed by atoms with Crippen LogP contribution in [0.4, 0.5) is 0 Å². The Morgan fingerprint density at radius 2 is 2.05 bits per heavy atom. The summed E-state index contributed by atoms with van der Waals surface area (Å²) in [5, 5.41) is 3.55. The highest BCUT2D eigenvalue weighted by molar-refractivity contribution is 6.42. The van der Waals surface area contributed by atoms with E-state index in [0.29, 0.717) is 35.1 Å². The molecule has 1 aliphatic rings. The van der Waals surface area contributed by atoms with Crippen LogP contribution in [0.25, 0.3) is 0 Å². The number of halogens is 2. The number of hydrogen-bond acceptors (Lipinski definition) is 2. The van der Waals surface area contributed by atoms with Crippen molar-refractivity contribution in [1.82, 2.24) is 10.2 Å². The largest absolute Gasteiger partial charge is 0.350 e. The lowest BCUT2D eigenvalue weighted by Crippen LogP contribution is -2.41. The SMILES string of the molecule is O=C(NCCN1CCCCC1=O)c1ccc(Cl)c(Cl)c1. The van der Waals surface area contributed by atoms with Crippen molar-refractivity contribution in [3.63, 3.8) is 0 Å². The standard InChI is InChI=1S/C14H16Cl2N2O2/c15-11-5-4-10(9-12(11)16)14(20)17-6-8-18-7-2-1-3-13(18)19/h4-5,9H,1-3,6-8H2,(H,17,20). The van der Waals surface area contributed by atoms with Crippen molar-refractivity contribution < 1.29 is 9.59 Å². The van der Waals surface area contributed by atoms with E-state index in [1.807, 2.05) is 0 Å². The number of nitrogens with one attached hydrogen (secondary N) is 1. The summed E-state index contributed by atoms with van der Waals surface area (Å²) in [7, 11) is 0. The second-order valence-corrected chi connectivity index (χ2v) is 5.54. The van der Waals surface area contributed by atoms with E-state index in [0.717, 1.165) is 19.4 Å². The van der Waals surface area contributed by atoms with Crippen LogP contribution in [0.15, 0.2) is 18.2 Å². The van der Waals surface area contributed by atoms with Crippen LogP contribution in [0.3, 0.4) is 0 Å². The maximum absolute atomic E-state index is 11.9. The Morgan fingerprint density at radius 1 is 1.25 bits per heavy atom. The highest BCUT2D eigenvalue weighted by Gasteiger charge is 2.17. The summed E-state index contributed by atoms with van der Waals surface area (Å²) in [6, 6.07) is 4.74. The van der Waals surface area contributed by atoms with E-state index in [1.165, 1.54) is 6.07 Å². The smallest absolute Gasteiger partial charge is 0.251 e. The molecule has 20 heavy (non-hydrogen) atoms. The van der Waals surface area contributed by atoms with Crippen LogP contribution in [0.5, 0.6) is 0 Å². The molecular weight excluding hydrogens is 299 g/mol. The van der Waals surface area contributed by atoms with E-state index in [2.05, 4.69) is 5.32 Å². The number of hydrogen-bond donors (Lipinski definition) is 1. The van der Waals surface area contributed by atoms with Gasteiger partial charge in [-0.05, 0) is 31.0 Å². The Morgan fingerprint density at radius 3 is 2.75 bits per heavy atom. The topological polar surface area (TPSA) is 49.4 Å². The van der Waals surface area contributed by atoms with Gasteiger partial charge in [0.25, 0.3) is 5.91 Å². The molecule has 1 aliphatic heterocycles. The molecule has 0 bridgehead atoms.